The van der Waals surface area contributed by atoms with Crippen LogP contribution in [0.15, 0.2) is 47.5 Å². The van der Waals surface area contributed by atoms with Crippen molar-refractivity contribution in [3.8, 4) is 0 Å². The first-order valence-electron chi connectivity index (χ1n) is 13.1. The van der Waals surface area contributed by atoms with Crippen molar-refractivity contribution >= 4 is 11.5 Å². The molecule has 4 nitrogen and oxygen atoms in total. The van der Waals surface area contributed by atoms with Crippen molar-refractivity contribution in [3.63, 3.8) is 0 Å². The van der Waals surface area contributed by atoms with E-state index in [1.165, 1.54) is 19.1 Å². The topological polar surface area (TPSA) is 58.9 Å². The molecular weight excluding hydrogens is 543 g/mol. The smallest absolute Gasteiger partial charge is 0.396 e. The molecule has 11 heteroatoms. The zero-order valence-electron chi connectivity index (χ0n) is 21.7. The van der Waals surface area contributed by atoms with Gasteiger partial charge in [-0.05, 0) is 79.5 Å². The molecule has 0 aromatic heterocycles. The molecule has 0 unspecified atom stereocenters. The maximum absolute atomic E-state index is 13.8. The minimum Gasteiger partial charge on any atom is -0.396 e. The summed E-state index contributed by atoms with van der Waals surface area (Å²) in [5.41, 5.74) is -1.71. The fraction of sp³-hybridized carbons (Fsp3) is 0.517. The van der Waals surface area contributed by atoms with Gasteiger partial charge in [0.05, 0.1) is 23.3 Å². The second-order valence-corrected chi connectivity index (χ2v) is 10.5. The Labute approximate surface area is 227 Å². The third-order valence-corrected chi connectivity index (χ3v) is 7.86. The SMILES string of the molecule is C[C@@H](O[C@@H]1CC[C@H](CO)[C@H](CN=C2CCC(=O)C2)[C@@H]1c1ccc(F)cc1)c1cc(C(F)(F)F)cc(C(F)(F)F)c1. The predicted molar refractivity (Wildman–Crippen MR) is 133 cm³/mol. The number of aliphatic hydroxyl groups excluding tert-OH is 1. The zero-order chi connectivity index (χ0) is 29.2. The van der Waals surface area contributed by atoms with Crippen molar-refractivity contribution in [2.75, 3.05) is 13.2 Å². The summed E-state index contributed by atoms with van der Waals surface area (Å²) in [5.74, 6) is -1.42. The van der Waals surface area contributed by atoms with Crippen LogP contribution >= 0.6 is 0 Å². The molecule has 2 aliphatic carbocycles. The third kappa shape index (κ3) is 7.09. The van der Waals surface area contributed by atoms with Gasteiger partial charge >= 0.3 is 12.4 Å². The molecule has 2 aromatic rings. The largest absolute Gasteiger partial charge is 0.416 e. The van der Waals surface area contributed by atoms with Gasteiger partial charge in [0, 0.05) is 37.6 Å². The van der Waals surface area contributed by atoms with E-state index in [0.717, 1.165) is 5.71 Å². The van der Waals surface area contributed by atoms with Gasteiger partial charge < -0.3 is 9.84 Å². The number of nitrogens with zero attached hydrogens (tertiary/aromatic N) is 1. The van der Waals surface area contributed by atoms with Crippen LogP contribution in [0.5, 0.6) is 0 Å². The lowest BCUT2D eigenvalue weighted by Crippen LogP contribution is -2.41. The molecule has 4 rings (SSSR count). The van der Waals surface area contributed by atoms with Crippen LogP contribution in [0.4, 0.5) is 30.7 Å². The number of hydrogen-bond acceptors (Lipinski definition) is 4. The van der Waals surface area contributed by atoms with E-state index >= 15 is 0 Å². The summed E-state index contributed by atoms with van der Waals surface area (Å²) in [5, 5.41) is 10.1. The summed E-state index contributed by atoms with van der Waals surface area (Å²) in [6.07, 6.45) is -9.71. The lowest BCUT2D eigenvalue weighted by atomic mass is 9.68. The summed E-state index contributed by atoms with van der Waals surface area (Å²) in [4.78, 5) is 16.3. The van der Waals surface area contributed by atoms with Crippen molar-refractivity contribution in [2.24, 2.45) is 16.8 Å². The molecule has 5 atom stereocenters. The van der Waals surface area contributed by atoms with Crippen molar-refractivity contribution in [2.45, 2.75) is 69.5 Å². The number of hydrogen-bond donors (Lipinski definition) is 1. The van der Waals surface area contributed by atoms with Crippen LogP contribution in [0.3, 0.4) is 0 Å². The molecule has 0 saturated heterocycles. The summed E-state index contributed by atoms with van der Waals surface area (Å²) in [7, 11) is 0. The summed E-state index contributed by atoms with van der Waals surface area (Å²) < 4.78 is 101. The Morgan fingerprint density at radius 2 is 1.60 bits per heavy atom. The number of halogens is 7. The Morgan fingerprint density at radius 1 is 0.975 bits per heavy atom. The number of rotatable bonds is 7. The van der Waals surface area contributed by atoms with Crippen LogP contribution in [0.25, 0.3) is 0 Å². The molecule has 2 fully saturated rings. The molecule has 2 saturated carbocycles. The molecule has 40 heavy (non-hydrogen) atoms. The highest BCUT2D eigenvalue weighted by atomic mass is 19.4. The van der Waals surface area contributed by atoms with Crippen LogP contribution in [0, 0.1) is 17.7 Å². The molecule has 218 valence electrons. The van der Waals surface area contributed by atoms with Gasteiger partial charge in [-0.2, -0.15) is 26.3 Å². The summed E-state index contributed by atoms with van der Waals surface area (Å²) in [6, 6.07) is 7.04. The van der Waals surface area contributed by atoms with E-state index < -0.39 is 47.4 Å². The fourth-order valence-corrected chi connectivity index (χ4v) is 5.74. The van der Waals surface area contributed by atoms with E-state index in [2.05, 4.69) is 4.99 Å². The number of ether oxygens (including phenoxy) is 1. The Morgan fingerprint density at radius 3 is 2.12 bits per heavy atom. The van der Waals surface area contributed by atoms with Crippen molar-refractivity contribution in [3.05, 3.63) is 70.5 Å². The van der Waals surface area contributed by atoms with Crippen LogP contribution in [0.1, 0.15) is 73.3 Å². The van der Waals surface area contributed by atoms with Crippen molar-refractivity contribution in [1.82, 2.24) is 0 Å². The lowest BCUT2D eigenvalue weighted by molar-refractivity contribution is -0.143. The fourth-order valence-electron chi connectivity index (χ4n) is 5.74. The van der Waals surface area contributed by atoms with Gasteiger partial charge in [0.2, 0.25) is 0 Å². The number of carbonyl (C=O) groups is 1. The van der Waals surface area contributed by atoms with Crippen molar-refractivity contribution < 1.29 is 45.4 Å². The number of carbonyl (C=O) groups excluding carboxylic acids is 1. The Balaban J connectivity index is 1.68. The monoisotopic (exact) mass is 573 g/mol. The van der Waals surface area contributed by atoms with E-state index in [9.17, 15) is 40.6 Å². The highest BCUT2D eigenvalue weighted by molar-refractivity contribution is 6.08. The Bertz CT molecular complexity index is 1190. The first-order chi connectivity index (χ1) is 18.8. The number of benzene rings is 2. The molecule has 1 N–H and O–H groups in total. The standard InChI is InChI=1S/C29H30F7NO3/c1-16(19-10-20(28(31,32)33)12-21(11-19)29(34,35)36)40-26-9-4-18(15-38)25(14-37-23-7-8-24(39)13-23)27(26)17-2-5-22(30)6-3-17/h2-3,5-6,10-12,16,18,25-27,38H,4,7-9,13-15H2,1H3/t16-,18-,25+,26-,27+/m1/s1. The van der Waals surface area contributed by atoms with Gasteiger partial charge in [-0.15, -0.1) is 0 Å². The second kappa shape index (κ2) is 12.0. The van der Waals surface area contributed by atoms with E-state index in [1.807, 2.05) is 0 Å². The Kier molecular flexibility index (Phi) is 9.04. The molecule has 0 radical (unpaired) electrons. The zero-order valence-corrected chi connectivity index (χ0v) is 21.7. The third-order valence-electron chi connectivity index (χ3n) is 7.86. The van der Waals surface area contributed by atoms with Gasteiger partial charge in [0.15, 0.2) is 0 Å². The maximum Gasteiger partial charge on any atom is 0.416 e. The minimum atomic E-state index is -4.99. The highest BCUT2D eigenvalue weighted by Crippen LogP contribution is 2.45. The number of aliphatic hydroxyl groups is 1. The average molecular weight is 574 g/mol. The molecule has 0 heterocycles. The quantitative estimate of drug-likeness (QED) is 0.354. The van der Waals surface area contributed by atoms with Gasteiger partial charge in [0.25, 0.3) is 0 Å². The average Bonchev–Trinajstić information content (AvgIpc) is 3.31. The predicted octanol–water partition coefficient (Wildman–Crippen LogP) is 7.31. The number of aliphatic imine (C=N–C) groups is 1. The van der Waals surface area contributed by atoms with Crippen LogP contribution in [-0.2, 0) is 21.9 Å². The van der Waals surface area contributed by atoms with Gasteiger partial charge in [-0.1, -0.05) is 12.1 Å². The normalized spacial score (nSPS) is 25.9. The van der Waals surface area contributed by atoms with Gasteiger partial charge in [-0.3, -0.25) is 9.79 Å². The molecular formula is C29H30F7NO3. The first kappa shape index (κ1) is 30.2. The summed E-state index contributed by atoms with van der Waals surface area (Å²) >= 11 is 0. The molecule has 0 bridgehead atoms. The van der Waals surface area contributed by atoms with E-state index in [0.29, 0.717) is 43.4 Å². The Hall–Kier alpha value is -2.79. The minimum absolute atomic E-state index is 0.0763. The lowest BCUT2D eigenvalue weighted by Gasteiger charge is -2.43. The highest BCUT2D eigenvalue weighted by Gasteiger charge is 2.42. The molecule has 0 amide bonds. The number of Topliss-reactive ketones (excluding diaryl/α,β-unsaturated/α-hetero) is 1. The summed E-state index contributed by atoms with van der Waals surface area (Å²) in [6.45, 7) is 1.47. The van der Waals surface area contributed by atoms with Crippen molar-refractivity contribution in [1.29, 1.82) is 0 Å². The van der Waals surface area contributed by atoms with Gasteiger partial charge in [0.1, 0.15) is 11.6 Å². The van der Waals surface area contributed by atoms with Gasteiger partial charge in [-0.25, -0.2) is 4.39 Å². The second-order valence-electron chi connectivity index (χ2n) is 10.5. The first-order valence-corrected chi connectivity index (χ1v) is 13.1. The molecule has 0 aliphatic heterocycles. The number of alkyl halides is 6. The van der Waals surface area contributed by atoms with E-state index in [4.69, 9.17) is 4.74 Å². The number of ketones is 1. The van der Waals surface area contributed by atoms with E-state index in [-0.39, 0.29) is 48.8 Å². The van der Waals surface area contributed by atoms with Crippen LogP contribution in [-0.4, -0.2) is 35.9 Å². The maximum atomic E-state index is 13.8. The van der Waals surface area contributed by atoms with Crippen LogP contribution in [0.2, 0.25) is 0 Å². The molecule has 2 aliphatic rings. The van der Waals surface area contributed by atoms with Crippen LogP contribution < -0.4 is 0 Å². The molecule has 2 aromatic carbocycles. The van der Waals surface area contributed by atoms with E-state index in [1.54, 1.807) is 12.1 Å². The molecule has 0 spiro atoms.